The van der Waals surface area contributed by atoms with E-state index >= 15 is 0 Å². The van der Waals surface area contributed by atoms with Crippen LogP contribution in [0.2, 0.25) is 10.0 Å². The summed E-state index contributed by atoms with van der Waals surface area (Å²) in [4.78, 5) is 17.0. The fourth-order valence-corrected chi connectivity index (χ4v) is 5.69. The van der Waals surface area contributed by atoms with Crippen molar-refractivity contribution in [2.45, 2.75) is 44.4 Å². The lowest BCUT2D eigenvalue weighted by atomic mass is 10.0. The van der Waals surface area contributed by atoms with Crippen molar-refractivity contribution < 1.29 is 18.3 Å². The number of hydrogen-bond donors (Lipinski definition) is 2. The minimum Gasteiger partial charge on any atom is -0.392 e. The average molecular weight is 539 g/mol. The van der Waals surface area contributed by atoms with Crippen LogP contribution in [0.5, 0.6) is 0 Å². The van der Waals surface area contributed by atoms with Crippen LogP contribution in [0.25, 0.3) is 0 Å². The van der Waals surface area contributed by atoms with Gasteiger partial charge in [0.1, 0.15) is 0 Å². The Kier molecular flexibility index (Phi) is 9.18. The molecule has 0 aliphatic rings. The Balaban J connectivity index is 1.88. The maximum Gasteiger partial charge on any atom is 0.264 e. The van der Waals surface area contributed by atoms with Gasteiger partial charge in [0.25, 0.3) is 10.0 Å². The lowest BCUT2D eigenvalue weighted by Crippen LogP contribution is -2.47. The van der Waals surface area contributed by atoms with Crippen molar-refractivity contribution in [3.05, 3.63) is 76.8 Å². The molecule has 2 unspecified atom stereocenters. The molecule has 2 N–H and O–H groups in total. The minimum atomic E-state index is -4.14. The van der Waals surface area contributed by atoms with Crippen LogP contribution in [-0.4, -0.2) is 41.6 Å². The van der Waals surface area contributed by atoms with Crippen LogP contribution in [0.3, 0.4) is 0 Å². The molecular formula is C24H28Cl2N4O4S. The number of rotatable bonds is 11. The molecule has 1 aromatic heterocycles. The van der Waals surface area contributed by atoms with Gasteiger partial charge in [0.2, 0.25) is 5.91 Å². The third-order valence-corrected chi connectivity index (χ3v) is 8.19. The number of sulfonamides is 1. The summed E-state index contributed by atoms with van der Waals surface area (Å²) >= 11 is 12.2. The molecule has 1 heterocycles. The molecule has 188 valence electrons. The maximum atomic E-state index is 13.8. The molecule has 35 heavy (non-hydrogen) atoms. The summed E-state index contributed by atoms with van der Waals surface area (Å²) in [6, 6.07) is 9.60. The number of carbonyl (C=O) groups is 1. The monoisotopic (exact) mass is 538 g/mol. The van der Waals surface area contributed by atoms with Crippen LogP contribution in [0.15, 0.2) is 66.1 Å². The number of aliphatic hydroxyl groups is 1. The SMILES string of the molecule is CC(C(=O)NCCCn1ccnc1)C(C)N(c1cc(Cl)ccc1CO)S(=O)(=O)c1ccc(Cl)cc1. The quantitative estimate of drug-likeness (QED) is 0.357. The predicted octanol–water partition coefficient (Wildman–Crippen LogP) is 4.11. The summed E-state index contributed by atoms with van der Waals surface area (Å²) in [5, 5.41) is 13.5. The van der Waals surface area contributed by atoms with Gasteiger partial charge >= 0.3 is 0 Å². The number of aromatic nitrogens is 2. The van der Waals surface area contributed by atoms with Gasteiger partial charge in [-0.3, -0.25) is 9.10 Å². The molecule has 11 heteroatoms. The van der Waals surface area contributed by atoms with Crippen molar-refractivity contribution in [3.63, 3.8) is 0 Å². The number of halogens is 2. The Bertz CT molecular complexity index is 1230. The van der Waals surface area contributed by atoms with Crippen molar-refractivity contribution in [2.75, 3.05) is 10.8 Å². The number of aliphatic hydroxyl groups excluding tert-OH is 1. The zero-order valence-electron chi connectivity index (χ0n) is 19.4. The number of amides is 1. The van der Waals surface area contributed by atoms with Crippen LogP contribution in [0, 0.1) is 5.92 Å². The van der Waals surface area contributed by atoms with Gasteiger partial charge in [-0.05, 0) is 49.7 Å². The largest absolute Gasteiger partial charge is 0.392 e. The zero-order chi connectivity index (χ0) is 25.6. The van der Waals surface area contributed by atoms with Crippen molar-refractivity contribution in [3.8, 4) is 0 Å². The highest BCUT2D eigenvalue weighted by molar-refractivity contribution is 7.92. The first-order valence-corrected chi connectivity index (χ1v) is 13.3. The van der Waals surface area contributed by atoms with E-state index in [0.29, 0.717) is 35.1 Å². The van der Waals surface area contributed by atoms with E-state index in [9.17, 15) is 18.3 Å². The van der Waals surface area contributed by atoms with Crippen LogP contribution in [0.4, 0.5) is 5.69 Å². The summed E-state index contributed by atoms with van der Waals surface area (Å²) in [5.74, 6) is -0.997. The molecule has 0 saturated carbocycles. The van der Waals surface area contributed by atoms with Gasteiger partial charge in [0.05, 0.1) is 35.5 Å². The van der Waals surface area contributed by atoms with E-state index in [1.807, 2.05) is 10.8 Å². The number of benzene rings is 2. The van der Waals surface area contributed by atoms with Crippen LogP contribution < -0.4 is 9.62 Å². The Morgan fingerprint density at radius 3 is 2.46 bits per heavy atom. The van der Waals surface area contributed by atoms with Crippen LogP contribution >= 0.6 is 23.2 Å². The van der Waals surface area contributed by atoms with Gasteiger partial charge in [0, 0.05) is 41.1 Å². The van der Waals surface area contributed by atoms with E-state index in [2.05, 4.69) is 10.3 Å². The van der Waals surface area contributed by atoms with Crippen molar-refractivity contribution in [1.82, 2.24) is 14.9 Å². The number of hydrogen-bond acceptors (Lipinski definition) is 5. The number of imidazole rings is 1. The average Bonchev–Trinajstić information content (AvgIpc) is 3.35. The Morgan fingerprint density at radius 1 is 1.14 bits per heavy atom. The van der Waals surface area contributed by atoms with Crippen LogP contribution in [0.1, 0.15) is 25.8 Å². The maximum absolute atomic E-state index is 13.8. The molecule has 0 aliphatic carbocycles. The molecule has 3 aromatic rings. The first kappa shape index (κ1) is 27.0. The Morgan fingerprint density at radius 2 is 1.83 bits per heavy atom. The molecule has 0 radical (unpaired) electrons. The number of aryl methyl sites for hydroxylation is 1. The molecule has 0 aliphatic heterocycles. The molecule has 0 saturated heterocycles. The normalized spacial score (nSPS) is 13.3. The minimum absolute atomic E-state index is 0.00514. The third kappa shape index (κ3) is 6.55. The first-order chi connectivity index (χ1) is 16.6. The lowest BCUT2D eigenvalue weighted by molar-refractivity contribution is -0.124. The molecule has 0 bridgehead atoms. The van der Waals surface area contributed by atoms with Gasteiger partial charge in [-0.2, -0.15) is 0 Å². The molecule has 2 atom stereocenters. The van der Waals surface area contributed by atoms with Crippen molar-refractivity contribution in [1.29, 1.82) is 0 Å². The van der Waals surface area contributed by atoms with Crippen molar-refractivity contribution >= 4 is 44.8 Å². The molecule has 0 fully saturated rings. The standard InChI is InChI=1S/C24H28Cl2N4O4S/c1-17(24(32)28-10-3-12-29-13-11-27-16-29)18(2)30(23-14-21(26)5-4-19(23)15-31)35(33,34)22-8-6-20(25)7-9-22/h4-9,11,13-14,16-18,31H,3,10,12,15H2,1-2H3,(H,28,32). The highest BCUT2D eigenvalue weighted by Gasteiger charge is 2.36. The van der Waals surface area contributed by atoms with Gasteiger partial charge in [-0.1, -0.05) is 36.2 Å². The molecular weight excluding hydrogens is 511 g/mol. The van der Waals surface area contributed by atoms with Gasteiger partial charge in [-0.15, -0.1) is 0 Å². The Hall–Kier alpha value is -2.59. The van der Waals surface area contributed by atoms with E-state index in [-0.39, 0.29) is 16.5 Å². The highest BCUT2D eigenvalue weighted by atomic mass is 35.5. The fraction of sp³-hybridized carbons (Fsp3) is 0.333. The van der Waals surface area contributed by atoms with Gasteiger partial charge < -0.3 is 15.0 Å². The molecule has 3 rings (SSSR count). The lowest BCUT2D eigenvalue weighted by Gasteiger charge is -2.35. The smallest absolute Gasteiger partial charge is 0.264 e. The van der Waals surface area contributed by atoms with E-state index in [4.69, 9.17) is 23.2 Å². The first-order valence-electron chi connectivity index (χ1n) is 11.1. The highest BCUT2D eigenvalue weighted by Crippen LogP contribution is 2.34. The van der Waals surface area contributed by atoms with E-state index < -0.39 is 28.6 Å². The topological polar surface area (TPSA) is 105 Å². The summed E-state index contributed by atoms with van der Waals surface area (Å²) in [7, 11) is -4.14. The summed E-state index contributed by atoms with van der Waals surface area (Å²) in [6.07, 6.45) is 5.93. The number of carbonyl (C=O) groups excluding carboxylic acids is 1. The molecule has 0 spiro atoms. The second-order valence-corrected chi connectivity index (χ2v) is 10.8. The Labute approximate surface area is 215 Å². The molecule has 8 nitrogen and oxygen atoms in total. The second-order valence-electron chi connectivity index (χ2n) is 8.16. The number of nitrogens with one attached hydrogen (secondary N) is 1. The summed E-state index contributed by atoms with van der Waals surface area (Å²) < 4.78 is 30.7. The number of nitrogens with zero attached hydrogens (tertiary/aromatic N) is 3. The zero-order valence-corrected chi connectivity index (χ0v) is 21.8. The molecule has 2 aromatic carbocycles. The summed E-state index contributed by atoms with van der Waals surface area (Å²) in [6.45, 7) is 4.05. The van der Waals surface area contributed by atoms with Crippen LogP contribution in [-0.2, 0) is 28.0 Å². The second kappa shape index (κ2) is 11.9. The van der Waals surface area contributed by atoms with E-state index in [1.54, 1.807) is 38.5 Å². The van der Waals surface area contributed by atoms with Gasteiger partial charge in [-0.25, -0.2) is 13.4 Å². The third-order valence-electron chi connectivity index (χ3n) is 5.78. The summed E-state index contributed by atoms with van der Waals surface area (Å²) in [5.41, 5.74) is 0.578. The van der Waals surface area contributed by atoms with Crippen molar-refractivity contribution in [2.24, 2.45) is 5.92 Å². The van der Waals surface area contributed by atoms with E-state index in [1.165, 1.54) is 30.3 Å². The number of anilines is 1. The van der Waals surface area contributed by atoms with Gasteiger partial charge in [0.15, 0.2) is 0 Å². The predicted molar refractivity (Wildman–Crippen MR) is 137 cm³/mol. The molecule has 1 amide bonds. The fourth-order valence-electron chi connectivity index (χ4n) is 3.64. The van der Waals surface area contributed by atoms with E-state index in [0.717, 1.165) is 4.31 Å².